The summed E-state index contributed by atoms with van der Waals surface area (Å²) in [5.41, 5.74) is 1.69. The highest BCUT2D eigenvalue weighted by Gasteiger charge is 2.51. The van der Waals surface area contributed by atoms with Crippen LogP contribution in [-0.4, -0.2) is 11.7 Å². The van der Waals surface area contributed by atoms with Crippen molar-refractivity contribution in [2.75, 3.05) is 6.61 Å². The van der Waals surface area contributed by atoms with Crippen molar-refractivity contribution in [3.63, 3.8) is 0 Å². The number of hydrogen-bond donors (Lipinski definition) is 1. The summed E-state index contributed by atoms with van der Waals surface area (Å²) >= 11 is 1.83. The number of aliphatic hydroxyl groups is 1. The fourth-order valence-corrected chi connectivity index (χ4v) is 3.14. The average Bonchev–Trinajstić information content (AvgIpc) is 2.50. The fourth-order valence-electron chi connectivity index (χ4n) is 1.95. The molecule has 2 rings (SSSR count). The second kappa shape index (κ2) is 2.57. The first kappa shape index (κ1) is 8.27. The first-order chi connectivity index (χ1) is 5.68. The summed E-state index contributed by atoms with van der Waals surface area (Å²) in [6.45, 7) is 4.75. The van der Waals surface area contributed by atoms with Crippen LogP contribution in [-0.2, 0) is 5.41 Å². The Morgan fingerprint density at radius 1 is 1.75 bits per heavy atom. The molecule has 0 amide bonds. The van der Waals surface area contributed by atoms with Crippen molar-refractivity contribution in [2.45, 2.75) is 25.7 Å². The number of hydrogen-bond acceptors (Lipinski definition) is 2. The maximum atomic E-state index is 9.04. The molecule has 1 fully saturated rings. The Morgan fingerprint density at radius 3 is 2.92 bits per heavy atom. The third-order valence-electron chi connectivity index (χ3n) is 3.01. The van der Waals surface area contributed by atoms with Gasteiger partial charge in [-0.05, 0) is 36.3 Å². The van der Waals surface area contributed by atoms with Gasteiger partial charge in [-0.3, -0.25) is 0 Å². The van der Waals surface area contributed by atoms with Crippen molar-refractivity contribution < 1.29 is 5.11 Å². The molecule has 1 N–H and O–H groups in total. The summed E-state index contributed by atoms with van der Waals surface area (Å²) in [4.78, 5) is 1.47. The van der Waals surface area contributed by atoms with Crippen LogP contribution in [0, 0.1) is 12.8 Å². The van der Waals surface area contributed by atoms with E-state index in [0.717, 1.165) is 6.42 Å². The van der Waals surface area contributed by atoms with Gasteiger partial charge in [-0.25, -0.2) is 0 Å². The van der Waals surface area contributed by atoms with Crippen LogP contribution < -0.4 is 0 Å². The Labute approximate surface area is 77.0 Å². The van der Waals surface area contributed by atoms with Gasteiger partial charge in [0.05, 0.1) is 0 Å². The molecule has 0 aliphatic heterocycles. The minimum atomic E-state index is 0.299. The lowest BCUT2D eigenvalue weighted by Gasteiger charge is -2.08. The topological polar surface area (TPSA) is 20.2 Å². The second-order valence-electron chi connectivity index (χ2n) is 3.93. The largest absolute Gasteiger partial charge is 0.396 e. The normalized spacial score (nSPS) is 33.8. The lowest BCUT2D eigenvalue weighted by molar-refractivity contribution is 0.266. The van der Waals surface area contributed by atoms with Gasteiger partial charge in [-0.2, -0.15) is 0 Å². The molecule has 1 aliphatic rings. The molecule has 1 aliphatic carbocycles. The van der Waals surface area contributed by atoms with Gasteiger partial charge >= 0.3 is 0 Å². The monoisotopic (exact) mass is 182 g/mol. The van der Waals surface area contributed by atoms with Crippen LogP contribution in [0.4, 0.5) is 0 Å². The third-order valence-corrected chi connectivity index (χ3v) is 4.31. The Bertz CT molecular complexity index is 292. The predicted octanol–water partition coefficient (Wildman–Crippen LogP) is 2.33. The lowest BCUT2D eigenvalue weighted by Crippen LogP contribution is -2.05. The molecule has 0 aromatic carbocycles. The molecule has 0 saturated heterocycles. The van der Waals surface area contributed by atoms with E-state index in [2.05, 4.69) is 25.3 Å². The van der Waals surface area contributed by atoms with E-state index >= 15 is 0 Å². The second-order valence-corrected chi connectivity index (χ2v) is 4.85. The molecule has 0 bridgehead atoms. The summed E-state index contributed by atoms with van der Waals surface area (Å²) in [7, 11) is 0. The maximum absolute atomic E-state index is 9.04. The molecule has 66 valence electrons. The van der Waals surface area contributed by atoms with Crippen LogP contribution in [0.5, 0.6) is 0 Å². The number of thiophene rings is 1. The Kier molecular flexibility index (Phi) is 1.77. The maximum Gasteiger partial charge on any atom is 0.0468 e. The predicted molar refractivity (Wildman–Crippen MR) is 51.6 cm³/mol. The van der Waals surface area contributed by atoms with Crippen LogP contribution in [0.2, 0.25) is 0 Å². The molecule has 0 radical (unpaired) electrons. The lowest BCUT2D eigenvalue weighted by atomic mass is 10.0. The van der Waals surface area contributed by atoms with Crippen molar-refractivity contribution >= 4 is 11.3 Å². The summed E-state index contributed by atoms with van der Waals surface area (Å²) in [5, 5.41) is 11.2. The van der Waals surface area contributed by atoms with E-state index in [1.165, 1.54) is 10.4 Å². The van der Waals surface area contributed by atoms with E-state index in [4.69, 9.17) is 5.11 Å². The van der Waals surface area contributed by atoms with Gasteiger partial charge in [0, 0.05) is 16.9 Å². The SMILES string of the molecule is Cc1ccsc1C1(C)CC1CO. The van der Waals surface area contributed by atoms with E-state index in [0.29, 0.717) is 17.9 Å². The van der Waals surface area contributed by atoms with Gasteiger partial charge in [0.2, 0.25) is 0 Å². The fraction of sp³-hybridized carbons (Fsp3) is 0.600. The molecule has 1 saturated carbocycles. The molecule has 12 heavy (non-hydrogen) atoms. The quantitative estimate of drug-likeness (QED) is 0.744. The standard InChI is InChI=1S/C10H14OS/c1-7-3-4-12-9(7)10(2)5-8(10)6-11/h3-4,8,11H,5-6H2,1-2H3. The molecule has 1 aromatic heterocycles. The smallest absolute Gasteiger partial charge is 0.0468 e. The highest BCUT2D eigenvalue weighted by molar-refractivity contribution is 7.10. The number of aliphatic hydroxyl groups excluding tert-OH is 1. The van der Waals surface area contributed by atoms with Crippen molar-refractivity contribution in [3.05, 3.63) is 21.9 Å². The van der Waals surface area contributed by atoms with Crippen LogP contribution in [0.15, 0.2) is 11.4 Å². The summed E-state index contributed by atoms with van der Waals surface area (Å²) in [5.74, 6) is 0.509. The third kappa shape index (κ3) is 1.02. The minimum absolute atomic E-state index is 0.299. The van der Waals surface area contributed by atoms with Crippen LogP contribution in [0.3, 0.4) is 0 Å². The zero-order chi connectivity index (χ0) is 8.77. The van der Waals surface area contributed by atoms with Crippen molar-refractivity contribution in [1.82, 2.24) is 0 Å². The Morgan fingerprint density at radius 2 is 2.50 bits per heavy atom. The molecular formula is C10H14OS. The van der Waals surface area contributed by atoms with E-state index in [-0.39, 0.29) is 0 Å². The van der Waals surface area contributed by atoms with E-state index in [1.807, 2.05) is 11.3 Å². The molecule has 1 heterocycles. The molecular weight excluding hydrogens is 168 g/mol. The molecule has 2 heteroatoms. The molecule has 2 unspecified atom stereocenters. The molecule has 1 nitrogen and oxygen atoms in total. The van der Waals surface area contributed by atoms with Crippen LogP contribution in [0.25, 0.3) is 0 Å². The zero-order valence-electron chi connectivity index (χ0n) is 7.50. The highest BCUT2D eigenvalue weighted by Crippen LogP contribution is 2.55. The van der Waals surface area contributed by atoms with Crippen molar-refractivity contribution in [3.8, 4) is 0 Å². The van der Waals surface area contributed by atoms with Gasteiger partial charge in [0.25, 0.3) is 0 Å². The van der Waals surface area contributed by atoms with Gasteiger partial charge < -0.3 is 5.11 Å². The number of aryl methyl sites for hydroxylation is 1. The van der Waals surface area contributed by atoms with Crippen LogP contribution in [0.1, 0.15) is 23.8 Å². The van der Waals surface area contributed by atoms with Gasteiger partial charge in [-0.15, -0.1) is 11.3 Å². The van der Waals surface area contributed by atoms with Crippen LogP contribution >= 0.6 is 11.3 Å². The Hall–Kier alpha value is -0.340. The first-order valence-corrected chi connectivity index (χ1v) is 5.22. The van der Waals surface area contributed by atoms with Gasteiger partial charge in [0.15, 0.2) is 0 Å². The average molecular weight is 182 g/mol. The Balaban J connectivity index is 2.27. The highest BCUT2D eigenvalue weighted by atomic mass is 32.1. The zero-order valence-corrected chi connectivity index (χ0v) is 8.32. The summed E-state index contributed by atoms with van der Waals surface area (Å²) in [6, 6.07) is 2.16. The van der Waals surface area contributed by atoms with Gasteiger partial charge in [0.1, 0.15) is 0 Å². The summed E-state index contributed by atoms with van der Waals surface area (Å²) < 4.78 is 0. The molecule has 1 aromatic rings. The minimum Gasteiger partial charge on any atom is -0.396 e. The van der Waals surface area contributed by atoms with E-state index in [9.17, 15) is 0 Å². The van der Waals surface area contributed by atoms with Crippen molar-refractivity contribution in [2.24, 2.45) is 5.92 Å². The van der Waals surface area contributed by atoms with Crippen molar-refractivity contribution in [1.29, 1.82) is 0 Å². The van der Waals surface area contributed by atoms with Gasteiger partial charge in [-0.1, -0.05) is 6.92 Å². The molecule has 2 atom stereocenters. The van der Waals surface area contributed by atoms with E-state index < -0.39 is 0 Å². The molecule has 0 spiro atoms. The van der Waals surface area contributed by atoms with E-state index in [1.54, 1.807) is 0 Å². The summed E-state index contributed by atoms with van der Waals surface area (Å²) in [6.07, 6.45) is 1.16. The number of rotatable bonds is 2. The first-order valence-electron chi connectivity index (χ1n) is 4.34.